The van der Waals surface area contributed by atoms with E-state index < -0.39 is 0 Å². The Kier molecular flexibility index (Phi) is 4.22. The average Bonchev–Trinajstić information content (AvgIpc) is 3.23. The second kappa shape index (κ2) is 6.83. The van der Waals surface area contributed by atoms with Crippen molar-refractivity contribution in [1.82, 2.24) is 4.98 Å². The van der Waals surface area contributed by atoms with Crippen LogP contribution in [0.1, 0.15) is 5.56 Å². The summed E-state index contributed by atoms with van der Waals surface area (Å²) < 4.78 is 0. The summed E-state index contributed by atoms with van der Waals surface area (Å²) in [5.41, 5.74) is 5.21. The Balaban J connectivity index is 1.79. The molecule has 4 rings (SSSR count). The van der Waals surface area contributed by atoms with Crippen molar-refractivity contribution in [3.05, 3.63) is 93.4 Å². The lowest BCUT2D eigenvalue weighted by molar-refractivity contribution is 1.22. The molecule has 0 spiro atoms. The van der Waals surface area contributed by atoms with Crippen LogP contribution < -0.4 is 5.56 Å². The fourth-order valence-corrected chi connectivity index (χ4v) is 3.60. The topological polar surface area (TPSA) is 56.6 Å². The van der Waals surface area contributed by atoms with Crippen LogP contribution >= 0.6 is 11.3 Å². The van der Waals surface area contributed by atoms with Crippen molar-refractivity contribution in [2.24, 2.45) is 0 Å². The zero-order valence-corrected chi connectivity index (χ0v) is 14.6. The Morgan fingerprint density at radius 2 is 1.54 bits per heavy atom. The molecule has 124 valence electrons. The smallest absolute Gasteiger partial charge is 0.266 e. The molecule has 0 aliphatic carbocycles. The van der Waals surface area contributed by atoms with Crippen molar-refractivity contribution in [2.45, 2.75) is 0 Å². The number of hydrogen-bond donors (Lipinski definition) is 1. The maximum absolute atomic E-state index is 12.4. The molecule has 2 heterocycles. The molecule has 4 heteroatoms. The molecular weight excluding hydrogens is 340 g/mol. The molecule has 3 nitrogen and oxygen atoms in total. The van der Waals surface area contributed by atoms with Gasteiger partial charge in [-0.15, -0.1) is 0 Å². The average molecular weight is 354 g/mol. The van der Waals surface area contributed by atoms with Gasteiger partial charge in [-0.25, -0.2) is 0 Å². The quantitative estimate of drug-likeness (QED) is 0.542. The third-order valence-corrected chi connectivity index (χ3v) is 4.96. The highest BCUT2D eigenvalue weighted by atomic mass is 32.1. The second-order valence-corrected chi connectivity index (χ2v) is 6.65. The molecule has 26 heavy (non-hydrogen) atoms. The van der Waals surface area contributed by atoms with Crippen molar-refractivity contribution >= 4 is 11.3 Å². The van der Waals surface area contributed by atoms with Crippen molar-refractivity contribution < 1.29 is 0 Å². The monoisotopic (exact) mass is 354 g/mol. The van der Waals surface area contributed by atoms with Crippen LogP contribution in [0.3, 0.4) is 0 Å². The van der Waals surface area contributed by atoms with E-state index in [0.717, 1.165) is 22.3 Å². The molecule has 0 saturated carbocycles. The van der Waals surface area contributed by atoms with Crippen LogP contribution in [-0.2, 0) is 0 Å². The lowest BCUT2D eigenvalue weighted by atomic mass is 9.99. The lowest BCUT2D eigenvalue weighted by Gasteiger charge is -2.08. The van der Waals surface area contributed by atoms with E-state index >= 15 is 0 Å². The van der Waals surface area contributed by atoms with Gasteiger partial charge in [0.05, 0.1) is 0 Å². The molecule has 0 saturated heterocycles. The predicted molar refractivity (Wildman–Crippen MR) is 106 cm³/mol. The Bertz CT molecular complexity index is 1140. The number of nitrogens with zero attached hydrogens (tertiary/aromatic N) is 1. The van der Waals surface area contributed by atoms with Crippen molar-refractivity contribution in [3.63, 3.8) is 0 Å². The van der Waals surface area contributed by atoms with Gasteiger partial charge in [-0.1, -0.05) is 54.6 Å². The zero-order chi connectivity index (χ0) is 17.9. The standard InChI is InChI=1S/C22H14N2OS/c23-13-20-19(18-10-11-26-14-18)12-21(24-22(20)25)17-8-6-16(7-9-17)15-4-2-1-3-5-15/h1-12,14H,(H,24,25). The number of hydrogen-bond acceptors (Lipinski definition) is 3. The maximum Gasteiger partial charge on any atom is 0.266 e. The van der Waals surface area contributed by atoms with Gasteiger partial charge in [-0.2, -0.15) is 16.6 Å². The van der Waals surface area contributed by atoms with Crippen LogP contribution in [0.15, 0.2) is 82.3 Å². The molecular formula is C22H14N2OS. The van der Waals surface area contributed by atoms with E-state index in [1.165, 1.54) is 11.3 Å². The van der Waals surface area contributed by atoms with Gasteiger partial charge in [0, 0.05) is 11.3 Å². The molecule has 4 aromatic rings. The van der Waals surface area contributed by atoms with Crippen LogP contribution in [0.4, 0.5) is 0 Å². The molecule has 0 aliphatic rings. The highest BCUT2D eigenvalue weighted by Crippen LogP contribution is 2.29. The minimum absolute atomic E-state index is 0.146. The van der Waals surface area contributed by atoms with E-state index in [0.29, 0.717) is 11.3 Å². The van der Waals surface area contributed by atoms with E-state index in [-0.39, 0.29) is 11.1 Å². The van der Waals surface area contributed by atoms with Gasteiger partial charge in [-0.05, 0) is 45.1 Å². The molecule has 0 bridgehead atoms. The summed E-state index contributed by atoms with van der Waals surface area (Å²) in [6, 6.07) is 24.0. The fourth-order valence-electron chi connectivity index (χ4n) is 2.94. The first-order valence-corrected chi connectivity index (χ1v) is 9.06. The van der Waals surface area contributed by atoms with Gasteiger partial charge in [0.15, 0.2) is 0 Å². The van der Waals surface area contributed by atoms with E-state index in [9.17, 15) is 10.1 Å². The molecule has 1 N–H and O–H groups in total. The SMILES string of the molecule is N#Cc1c(-c2ccsc2)cc(-c2ccc(-c3ccccc3)cc2)[nH]c1=O. The lowest BCUT2D eigenvalue weighted by Crippen LogP contribution is -2.12. The van der Waals surface area contributed by atoms with E-state index in [2.05, 4.69) is 17.1 Å². The molecule has 0 amide bonds. The Labute approximate surface area is 154 Å². The summed E-state index contributed by atoms with van der Waals surface area (Å²) in [7, 11) is 0. The van der Waals surface area contributed by atoms with Gasteiger partial charge in [0.25, 0.3) is 5.56 Å². The number of benzene rings is 2. The number of rotatable bonds is 3. The first kappa shape index (κ1) is 16.1. The van der Waals surface area contributed by atoms with Gasteiger partial charge < -0.3 is 4.98 Å². The largest absolute Gasteiger partial charge is 0.321 e. The number of thiophene rings is 1. The first-order chi connectivity index (χ1) is 12.8. The maximum atomic E-state index is 12.4. The summed E-state index contributed by atoms with van der Waals surface area (Å²) in [6.07, 6.45) is 0. The number of nitriles is 1. The van der Waals surface area contributed by atoms with Crippen LogP contribution in [0.2, 0.25) is 0 Å². The summed E-state index contributed by atoms with van der Waals surface area (Å²) >= 11 is 1.54. The van der Waals surface area contributed by atoms with Crippen LogP contribution in [-0.4, -0.2) is 4.98 Å². The van der Waals surface area contributed by atoms with Gasteiger partial charge in [0.1, 0.15) is 11.6 Å². The van der Waals surface area contributed by atoms with Crippen molar-refractivity contribution in [3.8, 4) is 39.6 Å². The zero-order valence-electron chi connectivity index (χ0n) is 13.8. The third-order valence-electron chi connectivity index (χ3n) is 4.28. The van der Waals surface area contributed by atoms with E-state index in [1.807, 2.05) is 71.4 Å². The Morgan fingerprint density at radius 3 is 2.19 bits per heavy atom. The highest BCUT2D eigenvalue weighted by Gasteiger charge is 2.12. The van der Waals surface area contributed by atoms with Crippen LogP contribution in [0.25, 0.3) is 33.5 Å². The summed E-state index contributed by atoms with van der Waals surface area (Å²) in [5, 5.41) is 13.2. The van der Waals surface area contributed by atoms with Gasteiger partial charge >= 0.3 is 0 Å². The molecule has 0 radical (unpaired) electrons. The molecule has 2 aromatic carbocycles. The number of H-pyrrole nitrogens is 1. The molecule has 0 aliphatic heterocycles. The Hall–Kier alpha value is -3.42. The van der Waals surface area contributed by atoms with Crippen LogP contribution in [0.5, 0.6) is 0 Å². The van der Waals surface area contributed by atoms with Crippen LogP contribution in [0, 0.1) is 11.3 Å². The van der Waals surface area contributed by atoms with Crippen molar-refractivity contribution in [2.75, 3.05) is 0 Å². The van der Waals surface area contributed by atoms with E-state index in [1.54, 1.807) is 0 Å². The normalized spacial score (nSPS) is 10.4. The highest BCUT2D eigenvalue weighted by molar-refractivity contribution is 7.08. The second-order valence-electron chi connectivity index (χ2n) is 5.87. The minimum Gasteiger partial charge on any atom is -0.321 e. The Morgan fingerprint density at radius 1 is 0.846 bits per heavy atom. The number of nitrogens with one attached hydrogen (secondary N) is 1. The minimum atomic E-state index is -0.363. The molecule has 2 aromatic heterocycles. The summed E-state index contributed by atoms with van der Waals surface area (Å²) in [6.45, 7) is 0. The number of pyridine rings is 1. The predicted octanol–water partition coefficient (Wildman–Crippen LogP) is 5.31. The van der Waals surface area contributed by atoms with Crippen molar-refractivity contribution in [1.29, 1.82) is 5.26 Å². The van der Waals surface area contributed by atoms with E-state index in [4.69, 9.17) is 0 Å². The molecule has 0 unspecified atom stereocenters. The molecule has 0 fully saturated rings. The molecule has 0 atom stereocenters. The summed E-state index contributed by atoms with van der Waals surface area (Å²) in [4.78, 5) is 15.2. The first-order valence-electron chi connectivity index (χ1n) is 8.12. The van der Waals surface area contributed by atoms with Gasteiger partial charge in [-0.3, -0.25) is 4.79 Å². The summed E-state index contributed by atoms with van der Waals surface area (Å²) in [5.74, 6) is 0. The van der Waals surface area contributed by atoms with Gasteiger partial charge in [0.2, 0.25) is 0 Å². The number of aromatic nitrogens is 1. The number of aromatic amines is 1. The fraction of sp³-hybridized carbons (Fsp3) is 0. The third kappa shape index (κ3) is 2.97.